The van der Waals surface area contributed by atoms with Gasteiger partial charge in [0.25, 0.3) is 0 Å². The lowest BCUT2D eigenvalue weighted by atomic mass is 10.1. The summed E-state index contributed by atoms with van der Waals surface area (Å²) in [6.45, 7) is 4.76. The molecule has 1 aromatic rings. The molecule has 3 heteroatoms. The second-order valence-electron chi connectivity index (χ2n) is 2.76. The standard InChI is InChI=1S/C9H10O3/c1-5-4-6(2)12-9(11)8(5)7(3)10/h4H,1-3H3. The summed E-state index contributed by atoms with van der Waals surface area (Å²) in [4.78, 5) is 22.1. The van der Waals surface area contributed by atoms with Gasteiger partial charge in [0.05, 0.1) is 0 Å². The molecule has 0 fully saturated rings. The molecule has 0 unspecified atom stereocenters. The Hall–Kier alpha value is -1.38. The summed E-state index contributed by atoms with van der Waals surface area (Å²) < 4.78 is 4.77. The highest BCUT2D eigenvalue weighted by Gasteiger charge is 2.10. The Kier molecular flexibility index (Phi) is 2.13. The predicted octanol–water partition coefficient (Wildman–Crippen LogP) is 1.46. The van der Waals surface area contributed by atoms with Crippen molar-refractivity contribution in [3.63, 3.8) is 0 Å². The molecule has 3 nitrogen and oxygen atoms in total. The first-order chi connectivity index (χ1) is 5.52. The maximum absolute atomic E-state index is 11.1. The van der Waals surface area contributed by atoms with Crippen LogP contribution in [0.2, 0.25) is 0 Å². The van der Waals surface area contributed by atoms with Crippen molar-refractivity contribution in [2.24, 2.45) is 0 Å². The van der Waals surface area contributed by atoms with Crippen LogP contribution in [0.4, 0.5) is 0 Å². The summed E-state index contributed by atoms with van der Waals surface area (Å²) in [7, 11) is 0. The quantitative estimate of drug-likeness (QED) is 0.593. The van der Waals surface area contributed by atoms with Crippen LogP contribution < -0.4 is 5.63 Å². The Morgan fingerprint density at radius 3 is 2.42 bits per heavy atom. The molecule has 0 atom stereocenters. The van der Waals surface area contributed by atoms with Gasteiger partial charge in [0.15, 0.2) is 5.78 Å². The van der Waals surface area contributed by atoms with Crippen molar-refractivity contribution in [1.82, 2.24) is 0 Å². The summed E-state index contributed by atoms with van der Waals surface area (Å²) in [6.07, 6.45) is 0. The van der Waals surface area contributed by atoms with E-state index in [0.717, 1.165) is 0 Å². The van der Waals surface area contributed by atoms with Crippen LogP contribution in [0.25, 0.3) is 0 Å². The smallest absolute Gasteiger partial charge is 0.347 e. The summed E-state index contributed by atoms with van der Waals surface area (Å²) in [5.74, 6) is 0.281. The largest absolute Gasteiger partial charge is 0.428 e. The second-order valence-corrected chi connectivity index (χ2v) is 2.76. The molecule has 0 bridgehead atoms. The van der Waals surface area contributed by atoms with Crippen molar-refractivity contribution in [3.05, 3.63) is 33.4 Å². The van der Waals surface area contributed by atoms with Gasteiger partial charge in [-0.2, -0.15) is 0 Å². The van der Waals surface area contributed by atoms with E-state index < -0.39 is 5.63 Å². The Morgan fingerprint density at radius 1 is 1.42 bits per heavy atom. The van der Waals surface area contributed by atoms with Gasteiger partial charge in [0.1, 0.15) is 11.3 Å². The van der Waals surface area contributed by atoms with Crippen LogP contribution in [-0.4, -0.2) is 5.78 Å². The molecule has 0 saturated carbocycles. The van der Waals surface area contributed by atoms with Gasteiger partial charge in [0, 0.05) is 0 Å². The minimum Gasteiger partial charge on any atom is -0.428 e. The highest BCUT2D eigenvalue weighted by Crippen LogP contribution is 2.05. The fraction of sp³-hybridized carbons (Fsp3) is 0.333. The summed E-state index contributed by atoms with van der Waals surface area (Å²) in [5, 5.41) is 0. The SMILES string of the molecule is CC(=O)c1c(C)cc(C)oc1=O. The lowest BCUT2D eigenvalue weighted by Gasteiger charge is -1.99. The molecule has 0 aliphatic carbocycles. The van der Waals surface area contributed by atoms with Crippen molar-refractivity contribution in [2.75, 3.05) is 0 Å². The van der Waals surface area contributed by atoms with E-state index in [0.29, 0.717) is 11.3 Å². The van der Waals surface area contributed by atoms with E-state index in [1.165, 1.54) is 6.92 Å². The molecule has 0 saturated heterocycles. The van der Waals surface area contributed by atoms with E-state index in [1.807, 2.05) is 0 Å². The van der Waals surface area contributed by atoms with Crippen LogP contribution in [0.15, 0.2) is 15.3 Å². The zero-order valence-corrected chi connectivity index (χ0v) is 7.30. The van der Waals surface area contributed by atoms with Crippen LogP contribution in [0.5, 0.6) is 0 Å². The molecule has 0 aliphatic rings. The second kappa shape index (κ2) is 2.93. The Bertz CT molecular complexity index is 374. The van der Waals surface area contributed by atoms with Crippen LogP contribution in [0.1, 0.15) is 28.6 Å². The molecular formula is C9H10O3. The molecule has 1 heterocycles. The number of Topliss-reactive ketones (excluding diaryl/α,β-unsaturated/α-hetero) is 1. The fourth-order valence-corrected chi connectivity index (χ4v) is 1.19. The van der Waals surface area contributed by atoms with Crippen LogP contribution in [0, 0.1) is 13.8 Å². The summed E-state index contributed by atoms with van der Waals surface area (Å²) in [5.41, 5.74) is 0.289. The first kappa shape index (κ1) is 8.71. The number of ketones is 1. The lowest BCUT2D eigenvalue weighted by Crippen LogP contribution is -2.14. The van der Waals surface area contributed by atoms with Crippen LogP contribution in [-0.2, 0) is 0 Å². The molecule has 12 heavy (non-hydrogen) atoms. The van der Waals surface area contributed by atoms with Crippen LogP contribution in [0.3, 0.4) is 0 Å². The Morgan fingerprint density at radius 2 is 2.00 bits per heavy atom. The van der Waals surface area contributed by atoms with Gasteiger partial charge in [-0.15, -0.1) is 0 Å². The van der Waals surface area contributed by atoms with Crippen molar-refractivity contribution in [1.29, 1.82) is 0 Å². The van der Waals surface area contributed by atoms with Gasteiger partial charge < -0.3 is 4.42 Å². The number of aryl methyl sites for hydroxylation is 2. The van der Waals surface area contributed by atoms with E-state index in [2.05, 4.69) is 0 Å². The maximum atomic E-state index is 11.1. The molecule has 1 rings (SSSR count). The van der Waals surface area contributed by atoms with Gasteiger partial charge in [0.2, 0.25) is 0 Å². The summed E-state index contributed by atoms with van der Waals surface area (Å²) >= 11 is 0. The van der Waals surface area contributed by atoms with Crippen molar-refractivity contribution < 1.29 is 9.21 Å². The molecule has 0 radical (unpaired) electrons. The molecule has 0 amide bonds. The monoisotopic (exact) mass is 166 g/mol. The zero-order chi connectivity index (χ0) is 9.30. The molecule has 64 valence electrons. The lowest BCUT2D eigenvalue weighted by molar-refractivity contribution is 0.101. The van der Waals surface area contributed by atoms with Crippen molar-refractivity contribution in [3.8, 4) is 0 Å². The number of carbonyl (C=O) groups is 1. The minimum absolute atomic E-state index is 0.153. The fourth-order valence-electron chi connectivity index (χ4n) is 1.19. The third-order valence-electron chi connectivity index (χ3n) is 1.62. The number of hydrogen-bond acceptors (Lipinski definition) is 3. The van der Waals surface area contributed by atoms with Gasteiger partial charge in [-0.1, -0.05) is 0 Å². The molecule has 0 N–H and O–H groups in total. The molecule has 0 spiro atoms. The van der Waals surface area contributed by atoms with Crippen molar-refractivity contribution >= 4 is 5.78 Å². The number of hydrogen-bond donors (Lipinski definition) is 0. The Labute approximate surface area is 70.0 Å². The zero-order valence-electron chi connectivity index (χ0n) is 7.30. The summed E-state index contributed by atoms with van der Waals surface area (Å²) in [6, 6.07) is 1.68. The van der Waals surface area contributed by atoms with E-state index >= 15 is 0 Å². The van der Waals surface area contributed by atoms with Gasteiger partial charge >= 0.3 is 5.63 Å². The first-order valence-corrected chi connectivity index (χ1v) is 3.64. The first-order valence-electron chi connectivity index (χ1n) is 3.64. The number of carbonyl (C=O) groups excluding carboxylic acids is 1. The Balaban J connectivity index is 3.49. The minimum atomic E-state index is -0.542. The van der Waals surface area contributed by atoms with Crippen LogP contribution >= 0.6 is 0 Å². The third kappa shape index (κ3) is 1.44. The van der Waals surface area contributed by atoms with Gasteiger partial charge in [-0.05, 0) is 32.4 Å². The van der Waals surface area contributed by atoms with Gasteiger partial charge in [-0.25, -0.2) is 4.79 Å². The topological polar surface area (TPSA) is 47.3 Å². The highest BCUT2D eigenvalue weighted by molar-refractivity contribution is 5.94. The molecule has 1 aromatic heterocycles. The maximum Gasteiger partial charge on any atom is 0.347 e. The normalized spacial score (nSPS) is 9.92. The predicted molar refractivity (Wildman–Crippen MR) is 44.5 cm³/mol. The molecular weight excluding hydrogens is 156 g/mol. The number of rotatable bonds is 1. The van der Waals surface area contributed by atoms with E-state index in [4.69, 9.17) is 4.42 Å². The average Bonchev–Trinajstić information content (AvgIpc) is 1.82. The van der Waals surface area contributed by atoms with Gasteiger partial charge in [-0.3, -0.25) is 4.79 Å². The van der Waals surface area contributed by atoms with E-state index in [1.54, 1.807) is 19.9 Å². The van der Waals surface area contributed by atoms with E-state index in [9.17, 15) is 9.59 Å². The average molecular weight is 166 g/mol. The third-order valence-corrected chi connectivity index (χ3v) is 1.62. The molecule has 0 aliphatic heterocycles. The molecule has 0 aromatic carbocycles. The van der Waals surface area contributed by atoms with Crippen molar-refractivity contribution in [2.45, 2.75) is 20.8 Å². The van der Waals surface area contributed by atoms with E-state index in [-0.39, 0.29) is 11.3 Å². The highest BCUT2D eigenvalue weighted by atomic mass is 16.4.